The molecule has 12 heteroatoms. The van der Waals surface area contributed by atoms with Gasteiger partial charge in [0.25, 0.3) is 0 Å². The zero-order chi connectivity index (χ0) is 23.2. The van der Waals surface area contributed by atoms with Crippen molar-refractivity contribution in [1.82, 2.24) is 9.55 Å². The molecule has 0 amide bonds. The van der Waals surface area contributed by atoms with Crippen LogP contribution in [0.5, 0.6) is 0 Å². The summed E-state index contributed by atoms with van der Waals surface area (Å²) in [5.41, 5.74) is 4.21. The van der Waals surface area contributed by atoms with Crippen molar-refractivity contribution >= 4 is 28.5 Å². The lowest BCUT2D eigenvalue weighted by Crippen LogP contribution is -2.30. The number of carboxylic acids is 1. The van der Waals surface area contributed by atoms with Crippen LogP contribution in [0.15, 0.2) is 40.4 Å². The highest BCUT2D eigenvalue weighted by atomic mass is 19.1. The average molecular weight is 447 g/mol. The summed E-state index contributed by atoms with van der Waals surface area (Å²) in [5, 5.41) is 12.8. The monoisotopic (exact) mass is 447 g/mol. The van der Waals surface area contributed by atoms with Crippen LogP contribution >= 0.6 is 0 Å². The number of fused-ring (bicyclic) bond motifs is 1. The van der Waals surface area contributed by atoms with Crippen LogP contribution in [-0.4, -0.2) is 52.6 Å². The third-order valence-electron chi connectivity index (χ3n) is 5.02. The summed E-state index contributed by atoms with van der Waals surface area (Å²) in [7, 11) is 1.34. The van der Waals surface area contributed by atoms with Gasteiger partial charge in [-0.2, -0.15) is 0 Å². The fourth-order valence-electron chi connectivity index (χ4n) is 3.54. The smallest absolute Gasteiger partial charge is 0.341 e. The Bertz CT molecular complexity index is 1340. The summed E-state index contributed by atoms with van der Waals surface area (Å²) in [6, 6.07) is 2.89. The van der Waals surface area contributed by atoms with Gasteiger partial charge in [-0.3, -0.25) is 9.36 Å². The Morgan fingerprint density at radius 1 is 1.28 bits per heavy atom. The normalized spacial score (nSPS) is 17.3. The van der Waals surface area contributed by atoms with Gasteiger partial charge < -0.3 is 20.6 Å². The van der Waals surface area contributed by atoms with Crippen LogP contribution in [0.3, 0.4) is 0 Å². The summed E-state index contributed by atoms with van der Waals surface area (Å²) in [5.74, 6) is -4.59. The SMILES string of the molecule is CO/N=C1/CN(c2nc3c(cc2F)c(=O)c(C(=O)O)cn3-c2ccc(F)cc2F)CC1N. The van der Waals surface area contributed by atoms with Crippen molar-refractivity contribution in [2.24, 2.45) is 10.9 Å². The molecule has 3 N–H and O–H groups in total. The van der Waals surface area contributed by atoms with Gasteiger partial charge in [0.05, 0.1) is 29.4 Å². The van der Waals surface area contributed by atoms with E-state index >= 15 is 0 Å². The molecule has 0 radical (unpaired) electrons. The molecule has 166 valence electrons. The Balaban J connectivity index is 1.99. The maximum atomic E-state index is 15.0. The van der Waals surface area contributed by atoms with E-state index in [9.17, 15) is 27.9 Å². The molecule has 2 aromatic heterocycles. The van der Waals surface area contributed by atoms with Crippen molar-refractivity contribution in [2.75, 3.05) is 25.1 Å². The van der Waals surface area contributed by atoms with Crippen LogP contribution in [0.25, 0.3) is 16.7 Å². The fraction of sp³-hybridized carbons (Fsp3) is 0.200. The molecule has 0 saturated carbocycles. The van der Waals surface area contributed by atoms with E-state index in [1.54, 1.807) is 0 Å². The lowest BCUT2D eigenvalue weighted by atomic mass is 10.1. The number of nitrogens with zero attached hydrogens (tertiary/aromatic N) is 4. The van der Waals surface area contributed by atoms with E-state index in [-0.39, 0.29) is 35.6 Å². The van der Waals surface area contributed by atoms with Gasteiger partial charge >= 0.3 is 5.97 Å². The number of hydrogen-bond donors (Lipinski definition) is 2. The van der Waals surface area contributed by atoms with Crippen molar-refractivity contribution in [2.45, 2.75) is 6.04 Å². The van der Waals surface area contributed by atoms with Crippen LogP contribution in [0.2, 0.25) is 0 Å². The summed E-state index contributed by atoms with van der Waals surface area (Å²) >= 11 is 0. The van der Waals surface area contributed by atoms with Crippen molar-refractivity contribution in [3.63, 3.8) is 0 Å². The van der Waals surface area contributed by atoms with Crippen LogP contribution in [0.1, 0.15) is 10.4 Å². The number of nitrogens with two attached hydrogens (primary N) is 1. The Kier molecular flexibility index (Phi) is 5.30. The summed E-state index contributed by atoms with van der Waals surface area (Å²) in [4.78, 5) is 34.6. The Hall–Kier alpha value is -3.93. The molecular formula is C20H16F3N5O4. The maximum Gasteiger partial charge on any atom is 0.341 e. The largest absolute Gasteiger partial charge is 0.477 e. The highest BCUT2D eigenvalue weighted by Crippen LogP contribution is 2.26. The second-order valence-corrected chi connectivity index (χ2v) is 7.06. The summed E-state index contributed by atoms with van der Waals surface area (Å²) in [6.45, 7) is 0.229. The number of halogens is 3. The quantitative estimate of drug-likeness (QED) is 0.583. The predicted molar refractivity (Wildman–Crippen MR) is 109 cm³/mol. The molecule has 9 nitrogen and oxygen atoms in total. The first-order valence-electron chi connectivity index (χ1n) is 9.26. The van der Waals surface area contributed by atoms with E-state index in [0.29, 0.717) is 11.8 Å². The van der Waals surface area contributed by atoms with Crippen molar-refractivity contribution < 1.29 is 27.9 Å². The molecule has 1 aliphatic rings. The highest BCUT2D eigenvalue weighted by Gasteiger charge is 2.30. The van der Waals surface area contributed by atoms with Crippen LogP contribution in [0, 0.1) is 17.5 Å². The summed E-state index contributed by atoms with van der Waals surface area (Å²) in [6.07, 6.45) is 0.867. The molecule has 0 aliphatic carbocycles. The molecule has 4 rings (SSSR count). The molecule has 1 atom stereocenters. The van der Waals surface area contributed by atoms with E-state index in [4.69, 9.17) is 10.6 Å². The molecule has 32 heavy (non-hydrogen) atoms. The number of hydrogen-bond acceptors (Lipinski definition) is 7. The standard InChI is InChI=1S/C20H16F3N5O4/c1-32-26-15-8-27(7-14(15)24)19-13(23)5-10-17(29)11(20(30)31)6-28(18(10)25-19)16-3-2-9(21)4-12(16)22/h2-6,14H,7-8,24H2,1H3,(H,30,31)/b26-15-. The topological polar surface area (TPSA) is 123 Å². The molecule has 1 fully saturated rings. The second-order valence-electron chi connectivity index (χ2n) is 7.06. The molecule has 1 aromatic carbocycles. The maximum absolute atomic E-state index is 15.0. The molecule has 1 unspecified atom stereocenters. The first-order chi connectivity index (χ1) is 15.2. The van der Waals surface area contributed by atoms with Crippen LogP contribution < -0.4 is 16.1 Å². The Morgan fingerprint density at radius 3 is 2.69 bits per heavy atom. The fourth-order valence-corrected chi connectivity index (χ4v) is 3.54. The van der Waals surface area contributed by atoms with Gasteiger partial charge in [-0.15, -0.1) is 0 Å². The van der Waals surface area contributed by atoms with Crippen molar-refractivity contribution in [3.05, 3.63) is 63.7 Å². The molecular weight excluding hydrogens is 431 g/mol. The predicted octanol–water partition coefficient (Wildman–Crippen LogP) is 1.65. The van der Waals surface area contributed by atoms with Crippen LogP contribution in [-0.2, 0) is 4.84 Å². The number of oxime groups is 1. The lowest BCUT2D eigenvalue weighted by Gasteiger charge is -2.19. The van der Waals surface area contributed by atoms with E-state index in [2.05, 4.69) is 10.1 Å². The number of aromatic nitrogens is 2. The van der Waals surface area contributed by atoms with Crippen molar-refractivity contribution in [1.29, 1.82) is 0 Å². The molecule has 3 aromatic rings. The van der Waals surface area contributed by atoms with Gasteiger partial charge in [-0.25, -0.2) is 22.9 Å². The van der Waals surface area contributed by atoms with Gasteiger partial charge in [0.1, 0.15) is 24.3 Å². The van der Waals surface area contributed by atoms with E-state index in [0.717, 1.165) is 29.0 Å². The van der Waals surface area contributed by atoms with Crippen molar-refractivity contribution in [3.8, 4) is 5.69 Å². The minimum Gasteiger partial charge on any atom is -0.477 e. The minimum absolute atomic E-state index is 0.0901. The van der Waals surface area contributed by atoms with E-state index in [1.165, 1.54) is 12.0 Å². The van der Waals surface area contributed by atoms with E-state index in [1.807, 2.05) is 0 Å². The number of pyridine rings is 2. The first kappa shape index (κ1) is 21.3. The van der Waals surface area contributed by atoms with Gasteiger partial charge in [-0.1, -0.05) is 5.16 Å². The molecule has 1 saturated heterocycles. The Morgan fingerprint density at radius 2 is 2.03 bits per heavy atom. The minimum atomic E-state index is -1.59. The van der Waals surface area contributed by atoms with Gasteiger partial charge in [-0.05, 0) is 18.2 Å². The van der Waals surface area contributed by atoms with Crippen LogP contribution in [0.4, 0.5) is 19.0 Å². The third-order valence-corrected chi connectivity index (χ3v) is 5.02. The average Bonchev–Trinajstić information content (AvgIpc) is 3.09. The highest BCUT2D eigenvalue weighted by molar-refractivity contribution is 5.97. The van der Waals surface area contributed by atoms with E-state index < -0.39 is 40.5 Å². The number of carbonyl (C=O) groups is 1. The molecule has 0 spiro atoms. The first-order valence-corrected chi connectivity index (χ1v) is 9.26. The summed E-state index contributed by atoms with van der Waals surface area (Å²) < 4.78 is 43.9. The van der Waals surface area contributed by atoms with Gasteiger partial charge in [0.2, 0.25) is 5.43 Å². The van der Waals surface area contributed by atoms with Gasteiger partial charge in [0, 0.05) is 18.8 Å². The lowest BCUT2D eigenvalue weighted by molar-refractivity contribution is 0.0695. The number of carboxylic acid groups (broad SMARTS) is 1. The third kappa shape index (κ3) is 3.54. The number of benzene rings is 1. The molecule has 3 heterocycles. The zero-order valence-corrected chi connectivity index (χ0v) is 16.6. The zero-order valence-electron chi connectivity index (χ0n) is 16.6. The number of rotatable bonds is 4. The Labute approximate surface area is 178 Å². The van der Waals surface area contributed by atoms with Gasteiger partial charge in [0.15, 0.2) is 17.3 Å². The number of aromatic carboxylic acids is 1. The number of anilines is 1. The molecule has 0 bridgehead atoms. The second kappa shape index (κ2) is 7.96. The molecule has 1 aliphatic heterocycles.